The predicted octanol–water partition coefficient (Wildman–Crippen LogP) is 1.31. The van der Waals surface area contributed by atoms with Crippen molar-refractivity contribution < 1.29 is 18.7 Å². The molecule has 2 aromatic rings. The van der Waals surface area contributed by atoms with Gasteiger partial charge in [-0.15, -0.1) is 0 Å². The number of hydrogen-bond acceptors (Lipinski definition) is 5. The van der Waals surface area contributed by atoms with Crippen LogP contribution in [0.25, 0.3) is 0 Å². The molecule has 0 aliphatic heterocycles. The van der Waals surface area contributed by atoms with Crippen molar-refractivity contribution in [3.8, 4) is 5.75 Å². The summed E-state index contributed by atoms with van der Waals surface area (Å²) in [5.41, 5.74) is 0.180. The van der Waals surface area contributed by atoms with E-state index in [1.54, 1.807) is 38.2 Å². The number of amides is 1. The second-order valence-corrected chi connectivity index (χ2v) is 5.88. The van der Waals surface area contributed by atoms with E-state index in [1.807, 2.05) is 6.92 Å². The van der Waals surface area contributed by atoms with Crippen LogP contribution in [0.15, 0.2) is 38.6 Å². The van der Waals surface area contributed by atoms with Crippen LogP contribution in [-0.2, 0) is 11.8 Å². The number of nitrogens with zero attached hydrogens (tertiary/aromatic N) is 1. The zero-order valence-corrected chi connectivity index (χ0v) is 13.4. The highest BCUT2D eigenvalue weighted by Gasteiger charge is 2.25. The second-order valence-electron chi connectivity index (χ2n) is 4.55. The van der Waals surface area contributed by atoms with Crippen LogP contribution >= 0.6 is 11.8 Å². The SMILES string of the molecule is CCOc1ccc(NC(=O)C(C)Sc2c(=O)o[nH][n+]2C)cc1. The fraction of sp³-hybridized carbons (Fsp3) is 0.357. The number of thioether (sulfide) groups is 1. The van der Waals surface area contributed by atoms with Gasteiger partial charge in [-0.25, -0.2) is 4.79 Å². The van der Waals surface area contributed by atoms with Crippen LogP contribution in [-0.4, -0.2) is 23.0 Å². The van der Waals surface area contributed by atoms with Crippen molar-refractivity contribution >= 4 is 23.4 Å². The van der Waals surface area contributed by atoms with Crippen LogP contribution in [0, 0.1) is 0 Å². The zero-order chi connectivity index (χ0) is 16.1. The van der Waals surface area contributed by atoms with E-state index in [0.717, 1.165) is 17.5 Å². The van der Waals surface area contributed by atoms with E-state index in [4.69, 9.17) is 4.74 Å². The third-order valence-electron chi connectivity index (χ3n) is 2.85. The normalized spacial score (nSPS) is 12.0. The highest BCUT2D eigenvalue weighted by atomic mass is 32.2. The molecule has 0 spiro atoms. The molecule has 0 bridgehead atoms. The maximum absolute atomic E-state index is 12.2. The molecule has 0 aliphatic carbocycles. The summed E-state index contributed by atoms with van der Waals surface area (Å²) in [7, 11) is 1.64. The Hall–Kier alpha value is -2.22. The lowest BCUT2D eigenvalue weighted by Crippen LogP contribution is -2.35. The predicted molar refractivity (Wildman–Crippen MR) is 82.1 cm³/mol. The van der Waals surface area contributed by atoms with Crippen molar-refractivity contribution in [3.63, 3.8) is 0 Å². The fourth-order valence-corrected chi connectivity index (χ4v) is 2.56. The van der Waals surface area contributed by atoms with Crippen molar-refractivity contribution in [2.45, 2.75) is 24.1 Å². The van der Waals surface area contributed by atoms with Gasteiger partial charge in [-0.1, -0.05) is 4.68 Å². The van der Waals surface area contributed by atoms with Crippen molar-refractivity contribution in [3.05, 3.63) is 34.7 Å². The minimum absolute atomic E-state index is 0.199. The smallest absolute Gasteiger partial charge is 0.441 e. The van der Waals surface area contributed by atoms with Gasteiger partial charge < -0.3 is 10.1 Å². The molecule has 0 radical (unpaired) electrons. The summed E-state index contributed by atoms with van der Waals surface area (Å²) in [5, 5.41) is 5.10. The molecule has 2 N–H and O–H groups in total. The Bertz CT molecular complexity index is 693. The highest BCUT2D eigenvalue weighted by molar-refractivity contribution is 8.00. The molecular formula is C14H18N3O4S+. The Morgan fingerprint density at radius 3 is 2.68 bits per heavy atom. The molecule has 0 saturated heterocycles. The number of carbonyl (C=O) groups excluding carboxylic acids is 1. The van der Waals surface area contributed by atoms with Gasteiger partial charge in [0, 0.05) is 5.69 Å². The minimum atomic E-state index is -0.492. The van der Waals surface area contributed by atoms with E-state index in [-0.39, 0.29) is 5.91 Å². The standard InChI is InChI=1S/C14H17N3O4S/c1-4-20-11-7-5-10(6-8-11)15-12(18)9(2)22-13-14(19)21-16-17(13)3/h5-9H,4H2,1-3H3,(H-,15,16,18,19)/p+1. The summed E-state index contributed by atoms with van der Waals surface area (Å²) in [5.74, 6) is 0.551. The number of hydrogen-bond donors (Lipinski definition) is 2. The molecule has 0 fully saturated rings. The largest absolute Gasteiger partial charge is 0.494 e. The number of rotatable bonds is 6. The summed E-state index contributed by atoms with van der Waals surface area (Å²) < 4.78 is 11.4. The number of benzene rings is 1. The number of nitrogens with one attached hydrogen (secondary N) is 2. The quantitative estimate of drug-likeness (QED) is 0.618. The third-order valence-corrected chi connectivity index (χ3v) is 4.08. The molecule has 2 rings (SSSR count). The molecule has 1 aromatic carbocycles. The molecule has 1 aromatic heterocycles. The molecule has 7 nitrogen and oxygen atoms in total. The first-order valence-electron chi connectivity index (χ1n) is 6.79. The van der Waals surface area contributed by atoms with Crippen LogP contribution in [0.4, 0.5) is 5.69 Å². The van der Waals surface area contributed by atoms with Gasteiger partial charge in [0.15, 0.2) is 7.05 Å². The lowest BCUT2D eigenvalue weighted by Gasteiger charge is -2.10. The Morgan fingerprint density at radius 1 is 1.45 bits per heavy atom. The first-order valence-corrected chi connectivity index (χ1v) is 7.67. The lowest BCUT2D eigenvalue weighted by molar-refractivity contribution is -0.772. The summed E-state index contributed by atoms with van der Waals surface area (Å²) in [6, 6.07) is 7.12. The fourth-order valence-electron chi connectivity index (χ4n) is 1.73. The first-order chi connectivity index (χ1) is 10.5. The average Bonchev–Trinajstić information content (AvgIpc) is 2.81. The molecule has 0 saturated carbocycles. The average molecular weight is 324 g/mol. The molecule has 0 aliphatic rings. The van der Waals surface area contributed by atoms with Crippen LogP contribution in [0.2, 0.25) is 0 Å². The molecular weight excluding hydrogens is 306 g/mol. The zero-order valence-electron chi connectivity index (χ0n) is 12.6. The number of ether oxygens (including phenoxy) is 1. The molecule has 8 heteroatoms. The van der Waals surface area contributed by atoms with E-state index >= 15 is 0 Å². The van der Waals surface area contributed by atoms with E-state index in [1.165, 1.54) is 4.68 Å². The van der Waals surface area contributed by atoms with Gasteiger partial charge in [-0.05, 0) is 55.1 Å². The first kappa shape index (κ1) is 16.2. The van der Waals surface area contributed by atoms with Gasteiger partial charge in [0.2, 0.25) is 5.91 Å². The Labute approximate surface area is 131 Å². The second kappa shape index (κ2) is 7.17. The van der Waals surface area contributed by atoms with Gasteiger partial charge >= 0.3 is 10.7 Å². The van der Waals surface area contributed by atoms with Crippen molar-refractivity contribution in [2.75, 3.05) is 11.9 Å². The molecule has 118 valence electrons. The number of H-pyrrole nitrogens is 1. The van der Waals surface area contributed by atoms with Crippen LogP contribution < -0.4 is 20.4 Å². The van der Waals surface area contributed by atoms with Gasteiger partial charge in [-0.2, -0.15) is 0 Å². The molecule has 22 heavy (non-hydrogen) atoms. The maximum Gasteiger partial charge on any atom is 0.441 e. The third kappa shape index (κ3) is 3.91. The van der Waals surface area contributed by atoms with Crippen LogP contribution in [0.1, 0.15) is 13.8 Å². The summed E-state index contributed by atoms with van der Waals surface area (Å²) in [6.45, 7) is 4.23. The Kier molecular flexibility index (Phi) is 5.26. The van der Waals surface area contributed by atoms with Crippen molar-refractivity contribution in [2.24, 2.45) is 7.05 Å². The molecule has 1 unspecified atom stereocenters. The lowest BCUT2D eigenvalue weighted by atomic mass is 10.3. The minimum Gasteiger partial charge on any atom is -0.494 e. The van der Waals surface area contributed by atoms with Gasteiger partial charge in [0.05, 0.1) is 11.9 Å². The van der Waals surface area contributed by atoms with Gasteiger partial charge in [-0.3, -0.25) is 9.32 Å². The maximum atomic E-state index is 12.2. The van der Waals surface area contributed by atoms with E-state index in [0.29, 0.717) is 17.3 Å². The topological polar surface area (TPSA) is 88.2 Å². The van der Waals surface area contributed by atoms with Gasteiger partial charge in [0.1, 0.15) is 5.75 Å². The van der Waals surface area contributed by atoms with E-state index < -0.39 is 10.9 Å². The molecule has 1 atom stereocenters. The van der Waals surface area contributed by atoms with Crippen LogP contribution in [0.3, 0.4) is 0 Å². The number of aryl methyl sites for hydroxylation is 1. The van der Waals surface area contributed by atoms with Crippen molar-refractivity contribution in [1.29, 1.82) is 0 Å². The summed E-state index contributed by atoms with van der Waals surface area (Å²) in [4.78, 5) is 23.6. The number of aromatic amines is 1. The monoisotopic (exact) mass is 324 g/mol. The number of aromatic nitrogens is 2. The Balaban J connectivity index is 1.98. The Morgan fingerprint density at radius 2 is 2.14 bits per heavy atom. The van der Waals surface area contributed by atoms with Crippen molar-refractivity contribution in [1.82, 2.24) is 5.27 Å². The summed E-state index contributed by atoms with van der Waals surface area (Å²) >= 11 is 1.13. The van der Waals surface area contributed by atoms with E-state index in [9.17, 15) is 9.59 Å². The highest BCUT2D eigenvalue weighted by Crippen LogP contribution is 2.20. The van der Waals surface area contributed by atoms with Crippen LogP contribution in [0.5, 0.6) is 5.75 Å². The number of anilines is 1. The van der Waals surface area contributed by atoms with E-state index in [2.05, 4.69) is 15.1 Å². The summed E-state index contributed by atoms with van der Waals surface area (Å²) in [6.07, 6.45) is 0. The van der Waals surface area contributed by atoms with Gasteiger partial charge in [0.25, 0.3) is 0 Å². The number of carbonyl (C=O) groups is 1. The molecule has 1 amide bonds. The molecule has 1 heterocycles.